The minimum absolute atomic E-state index is 0.151. The number of aliphatic hydroxyl groups excluding tert-OH is 1. The molecule has 88 valence electrons. The SMILES string of the molecule is OCC1(O)CC(COc2ccc(Br)cc2)C1. The minimum atomic E-state index is -0.853. The van der Waals surface area contributed by atoms with E-state index in [-0.39, 0.29) is 6.61 Å². The molecule has 2 N–H and O–H groups in total. The van der Waals surface area contributed by atoms with E-state index in [0.717, 1.165) is 10.2 Å². The second-order valence-electron chi connectivity index (χ2n) is 4.42. The zero-order valence-corrected chi connectivity index (χ0v) is 10.5. The monoisotopic (exact) mass is 286 g/mol. The predicted octanol–water partition coefficient (Wildman–Crippen LogP) is 1.96. The number of halogens is 1. The zero-order valence-electron chi connectivity index (χ0n) is 8.90. The van der Waals surface area contributed by atoms with Crippen LogP contribution in [0.25, 0.3) is 0 Å². The second-order valence-corrected chi connectivity index (χ2v) is 5.34. The standard InChI is InChI=1S/C12H15BrO3/c13-10-1-3-11(4-2-10)16-7-9-5-12(15,6-9)8-14/h1-4,9,14-15H,5-8H2. The fourth-order valence-electron chi connectivity index (χ4n) is 2.01. The van der Waals surface area contributed by atoms with Gasteiger partial charge in [-0.05, 0) is 43.0 Å². The fraction of sp³-hybridized carbons (Fsp3) is 0.500. The van der Waals surface area contributed by atoms with E-state index >= 15 is 0 Å². The van der Waals surface area contributed by atoms with Crippen molar-refractivity contribution in [3.8, 4) is 5.75 Å². The molecule has 0 aliphatic heterocycles. The molecule has 1 saturated carbocycles. The average molecular weight is 287 g/mol. The van der Waals surface area contributed by atoms with Crippen molar-refractivity contribution in [2.75, 3.05) is 13.2 Å². The smallest absolute Gasteiger partial charge is 0.119 e. The quantitative estimate of drug-likeness (QED) is 0.890. The summed E-state index contributed by atoms with van der Waals surface area (Å²) in [5.74, 6) is 1.18. The van der Waals surface area contributed by atoms with Crippen molar-refractivity contribution in [1.82, 2.24) is 0 Å². The first kappa shape index (κ1) is 11.9. The summed E-state index contributed by atoms with van der Waals surface area (Å²) in [5, 5.41) is 18.5. The first-order valence-electron chi connectivity index (χ1n) is 5.33. The molecule has 1 fully saturated rings. The zero-order chi connectivity index (χ0) is 11.6. The van der Waals surface area contributed by atoms with Crippen LogP contribution in [-0.4, -0.2) is 29.0 Å². The van der Waals surface area contributed by atoms with Crippen molar-refractivity contribution < 1.29 is 14.9 Å². The molecule has 0 spiro atoms. The van der Waals surface area contributed by atoms with Crippen LogP contribution in [0.3, 0.4) is 0 Å². The Labute approximate surface area is 103 Å². The van der Waals surface area contributed by atoms with Gasteiger partial charge in [0, 0.05) is 4.47 Å². The van der Waals surface area contributed by atoms with Gasteiger partial charge in [-0.15, -0.1) is 0 Å². The Morgan fingerprint density at radius 1 is 1.31 bits per heavy atom. The largest absolute Gasteiger partial charge is 0.493 e. The number of hydrogen-bond donors (Lipinski definition) is 2. The maximum Gasteiger partial charge on any atom is 0.119 e. The molecule has 1 aromatic carbocycles. The van der Waals surface area contributed by atoms with Crippen LogP contribution in [0.5, 0.6) is 5.75 Å². The lowest BCUT2D eigenvalue weighted by Crippen LogP contribution is -2.48. The van der Waals surface area contributed by atoms with Crippen molar-refractivity contribution >= 4 is 15.9 Å². The van der Waals surface area contributed by atoms with Crippen LogP contribution in [-0.2, 0) is 0 Å². The van der Waals surface area contributed by atoms with E-state index in [2.05, 4.69) is 15.9 Å². The third kappa shape index (κ3) is 2.75. The van der Waals surface area contributed by atoms with Crippen molar-refractivity contribution in [1.29, 1.82) is 0 Å². The molecule has 1 aliphatic rings. The van der Waals surface area contributed by atoms with Crippen molar-refractivity contribution in [3.63, 3.8) is 0 Å². The molecule has 3 nitrogen and oxygen atoms in total. The first-order chi connectivity index (χ1) is 7.61. The molecule has 0 saturated heterocycles. The van der Waals surface area contributed by atoms with Crippen molar-refractivity contribution in [2.24, 2.45) is 5.92 Å². The Morgan fingerprint density at radius 2 is 1.94 bits per heavy atom. The van der Waals surface area contributed by atoms with Gasteiger partial charge in [-0.2, -0.15) is 0 Å². The highest BCUT2D eigenvalue weighted by Gasteiger charge is 2.42. The van der Waals surface area contributed by atoms with E-state index in [9.17, 15) is 5.11 Å². The summed E-state index contributed by atoms with van der Waals surface area (Å²) in [4.78, 5) is 0. The van der Waals surface area contributed by atoms with Gasteiger partial charge in [0.2, 0.25) is 0 Å². The van der Waals surface area contributed by atoms with Gasteiger partial charge in [-0.25, -0.2) is 0 Å². The molecular formula is C12H15BrO3. The Morgan fingerprint density at radius 3 is 2.50 bits per heavy atom. The maximum absolute atomic E-state index is 9.61. The Balaban J connectivity index is 1.75. The third-order valence-electron chi connectivity index (χ3n) is 2.93. The van der Waals surface area contributed by atoms with Gasteiger partial charge in [0.1, 0.15) is 5.75 Å². The van der Waals surface area contributed by atoms with Crippen LogP contribution >= 0.6 is 15.9 Å². The van der Waals surface area contributed by atoms with E-state index in [0.29, 0.717) is 25.4 Å². The molecule has 0 radical (unpaired) electrons. The topological polar surface area (TPSA) is 49.7 Å². The fourth-order valence-corrected chi connectivity index (χ4v) is 2.27. The molecular weight excluding hydrogens is 272 g/mol. The summed E-state index contributed by atoms with van der Waals surface area (Å²) >= 11 is 3.36. The van der Waals surface area contributed by atoms with Gasteiger partial charge in [-0.1, -0.05) is 15.9 Å². The molecule has 0 unspecified atom stereocenters. The third-order valence-corrected chi connectivity index (χ3v) is 3.46. The van der Waals surface area contributed by atoms with Crippen LogP contribution < -0.4 is 4.74 Å². The summed E-state index contributed by atoms with van der Waals surface area (Å²) in [6.45, 7) is 0.450. The number of hydrogen-bond acceptors (Lipinski definition) is 3. The highest BCUT2D eigenvalue weighted by atomic mass is 79.9. The molecule has 1 aromatic rings. The lowest BCUT2D eigenvalue weighted by atomic mass is 9.72. The average Bonchev–Trinajstić information content (AvgIpc) is 2.25. The minimum Gasteiger partial charge on any atom is -0.493 e. The molecule has 1 aliphatic carbocycles. The van der Waals surface area contributed by atoms with Crippen molar-refractivity contribution in [2.45, 2.75) is 18.4 Å². The van der Waals surface area contributed by atoms with E-state index in [4.69, 9.17) is 9.84 Å². The number of ether oxygens (including phenoxy) is 1. The molecule has 0 atom stereocenters. The van der Waals surface area contributed by atoms with Crippen LogP contribution in [0.2, 0.25) is 0 Å². The second kappa shape index (κ2) is 4.73. The van der Waals surface area contributed by atoms with E-state index in [1.54, 1.807) is 0 Å². The molecule has 0 aromatic heterocycles. The Kier molecular flexibility index (Phi) is 3.52. The van der Waals surface area contributed by atoms with Gasteiger partial charge in [0.25, 0.3) is 0 Å². The number of aliphatic hydroxyl groups is 2. The maximum atomic E-state index is 9.61. The highest BCUT2D eigenvalue weighted by molar-refractivity contribution is 9.10. The molecule has 0 bridgehead atoms. The lowest BCUT2D eigenvalue weighted by Gasteiger charge is -2.42. The first-order valence-corrected chi connectivity index (χ1v) is 6.12. The van der Waals surface area contributed by atoms with E-state index < -0.39 is 5.60 Å². The van der Waals surface area contributed by atoms with Crippen LogP contribution in [0.15, 0.2) is 28.7 Å². The van der Waals surface area contributed by atoms with Gasteiger partial charge >= 0.3 is 0 Å². The predicted molar refractivity (Wildman–Crippen MR) is 64.4 cm³/mol. The van der Waals surface area contributed by atoms with Crippen molar-refractivity contribution in [3.05, 3.63) is 28.7 Å². The summed E-state index contributed by atoms with van der Waals surface area (Å²) in [6, 6.07) is 7.67. The normalized spacial score (nSPS) is 28.6. The van der Waals surface area contributed by atoms with Gasteiger partial charge < -0.3 is 14.9 Å². The lowest BCUT2D eigenvalue weighted by molar-refractivity contribution is -0.115. The van der Waals surface area contributed by atoms with Gasteiger partial charge in [0.15, 0.2) is 0 Å². The van der Waals surface area contributed by atoms with Crippen LogP contribution in [0, 0.1) is 5.92 Å². The summed E-state index contributed by atoms with van der Waals surface area (Å²) in [7, 11) is 0. The van der Waals surface area contributed by atoms with E-state index in [1.165, 1.54) is 0 Å². The van der Waals surface area contributed by atoms with Crippen LogP contribution in [0.4, 0.5) is 0 Å². The van der Waals surface area contributed by atoms with E-state index in [1.807, 2.05) is 24.3 Å². The summed E-state index contributed by atoms with van der Waals surface area (Å²) < 4.78 is 6.62. The Bertz CT molecular complexity index is 344. The Hall–Kier alpha value is -0.580. The molecule has 0 heterocycles. The summed E-state index contributed by atoms with van der Waals surface area (Å²) in [5.41, 5.74) is -0.853. The highest BCUT2D eigenvalue weighted by Crippen LogP contribution is 2.37. The van der Waals surface area contributed by atoms with Gasteiger partial charge in [0.05, 0.1) is 18.8 Å². The van der Waals surface area contributed by atoms with Crippen LogP contribution in [0.1, 0.15) is 12.8 Å². The van der Waals surface area contributed by atoms with Gasteiger partial charge in [-0.3, -0.25) is 0 Å². The summed E-state index contributed by atoms with van der Waals surface area (Å²) in [6.07, 6.45) is 1.25. The number of rotatable bonds is 4. The molecule has 4 heteroatoms. The number of benzene rings is 1. The molecule has 2 rings (SSSR count). The molecule has 0 amide bonds. The molecule has 16 heavy (non-hydrogen) atoms.